The highest BCUT2D eigenvalue weighted by atomic mass is 32.2. The minimum Gasteiger partial charge on any atom is -0.398 e. The van der Waals surface area contributed by atoms with E-state index in [4.69, 9.17) is 5.73 Å². The van der Waals surface area contributed by atoms with E-state index in [1.54, 1.807) is 0 Å². The number of hydrogen-bond donors (Lipinski definition) is 2. The molecule has 5 nitrogen and oxygen atoms in total. The lowest BCUT2D eigenvalue weighted by Gasteiger charge is -2.14. The average Bonchev–Trinajstić information content (AvgIpc) is 2.31. The van der Waals surface area contributed by atoms with E-state index in [1.165, 1.54) is 14.0 Å². The summed E-state index contributed by atoms with van der Waals surface area (Å²) in [4.78, 5) is -0.485. The van der Waals surface area contributed by atoms with Crippen LogP contribution in [0.3, 0.4) is 0 Å². The summed E-state index contributed by atoms with van der Waals surface area (Å²) in [5.41, 5.74) is 4.19. The van der Waals surface area contributed by atoms with Crippen LogP contribution in [0.2, 0.25) is 0 Å². The van der Waals surface area contributed by atoms with Gasteiger partial charge in [-0.15, -0.1) is 0 Å². The van der Waals surface area contributed by atoms with Crippen LogP contribution in [-0.4, -0.2) is 28.7 Å². The molecule has 114 valence electrons. The molecular weight excluding hydrogens is 297 g/mol. The fraction of sp³-hybridized carbons (Fsp3) is 0.455. The van der Waals surface area contributed by atoms with E-state index >= 15 is 0 Å². The lowest BCUT2D eigenvalue weighted by atomic mass is 10.1. The Morgan fingerprint density at radius 3 is 2.45 bits per heavy atom. The highest BCUT2D eigenvalue weighted by Crippen LogP contribution is 2.34. The first-order valence-corrected chi connectivity index (χ1v) is 7.04. The summed E-state index contributed by atoms with van der Waals surface area (Å²) in [6.07, 6.45) is -4.67. The Hall–Kier alpha value is -1.32. The van der Waals surface area contributed by atoms with Gasteiger partial charge in [0.1, 0.15) is 0 Å². The first-order chi connectivity index (χ1) is 9.09. The van der Waals surface area contributed by atoms with Crippen molar-refractivity contribution in [3.05, 3.63) is 23.3 Å². The largest absolute Gasteiger partial charge is 0.416 e. The predicted octanol–water partition coefficient (Wildman–Crippen LogP) is 1.52. The molecule has 9 heteroatoms. The van der Waals surface area contributed by atoms with Crippen LogP contribution >= 0.6 is 0 Å². The number of methoxy groups -OCH3 is 1. The molecule has 20 heavy (non-hydrogen) atoms. The molecule has 0 radical (unpaired) electrons. The van der Waals surface area contributed by atoms with Crippen molar-refractivity contribution in [1.29, 1.82) is 0 Å². The van der Waals surface area contributed by atoms with E-state index in [2.05, 4.69) is 9.46 Å². The minimum absolute atomic E-state index is 0.0472. The lowest BCUT2D eigenvalue weighted by molar-refractivity contribution is -0.137. The highest BCUT2D eigenvalue weighted by molar-refractivity contribution is 7.89. The number of nitrogens with two attached hydrogens (primary N) is 1. The van der Waals surface area contributed by atoms with Gasteiger partial charge in [0.15, 0.2) is 0 Å². The van der Waals surface area contributed by atoms with Gasteiger partial charge in [-0.25, -0.2) is 13.1 Å². The number of nitrogen functional groups attached to an aromatic ring is 1. The van der Waals surface area contributed by atoms with Gasteiger partial charge in [0.25, 0.3) is 0 Å². The van der Waals surface area contributed by atoms with E-state index in [-0.39, 0.29) is 24.4 Å². The SMILES string of the molecule is COCCNS(=O)(=O)c1cc(C(F)(F)F)cc(N)c1C. The normalized spacial score (nSPS) is 12.7. The fourth-order valence-electron chi connectivity index (χ4n) is 1.51. The second-order valence-corrected chi connectivity index (χ2v) is 5.81. The third kappa shape index (κ3) is 3.84. The van der Waals surface area contributed by atoms with Crippen LogP contribution in [0.15, 0.2) is 17.0 Å². The van der Waals surface area contributed by atoms with Crippen molar-refractivity contribution in [1.82, 2.24) is 4.72 Å². The van der Waals surface area contributed by atoms with Crippen LogP contribution in [-0.2, 0) is 20.9 Å². The van der Waals surface area contributed by atoms with Gasteiger partial charge < -0.3 is 10.5 Å². The van der Waals surface area contributed by atoms with Crippen molar-refractivity contribution < 1.29 is 26.3 Å². The molecular formula is C11H15F3N2O3S. The predicted molar refractivity (Wildman–Crippen MR) is 67.7 cm³/mol. The number of benzene rings is 1. The monoisotopic (exact) mass is 312 g/mol. The summed E-state index contributed by atoms with van der Waals surface area (Å²) in [6.45, 7) is 1.40. The first-order valence-electron chi connectivity index (χ1n) is 5.55. The standard InChI is InChI=1S/C11H15F3N2O3S/c1-7-9(15)5-8(11(12,13)14)6-10(7)20(17,18)16-3-4-19-2/h5-6,16H,3-4,15H2,1-2H3. The molecule has 0 saturated carbocycles. The summed E-state index contributed by atoms with van der Waals surface area (Å²) in [6, 6.07) is 1.28. The van der Waals surface area contributed by atoms with Gasteiger partial charge in [-0.1, -0.05) is 0 Å². The molecule has 1 aromatic rings. The maximum atomic E-state index is 12.7. The number of alkyl halides is 3. The smallest absolute Gasteiger partial charge is 0.398 e. The van der Waals surface area contributed by atoms with Gasteiger partial charge in [0.2, 0.25) is 10.0 Å². The van der Waals surface area contributed by atoms with Gasteiger partial charge in [-0.2, -0.15) is 13.2 Å². The summed E-state index contributed by atoms with van der Waals surface area (Å²) >= 11 is 0. The van der Waals surface area contributed by atoms with Crippen molar-refractivity contribution >= 4 is 15.7 Å². The molecule has 0 unspecified atom stereocenters. The second kappa shape index (κ2) is 5.98. The Morgan fingerprint density at radius 2 is 1.95 bits per heavy atom. The number of rotatable bonds is 5. The summed E-state index contributed by atoms with van der Waals surface area (Å²) in [5, 5.41) is 0. The molecule has 0 aliphatic heterocycles. The number of hydrogen-bond acceptors (Lipinski definition) is 4. The second-order valence-electron chi connectivity index (χ2n) is 4.08. The Kier molecular flexibility index (Phi) is 5.00. The molecule has 0 aliphatic rings. The number of halogens is 3. The molecule has 1 rings (SSSR count). The van der Waals surface area contributed by atoms with Crippen LogP contribution in [0.1, 0.15) is 11.1 Å². The zero-order valence-corrected chi connectivity index (χ0v) is 11.7. The molecule has 0 spiro atoms. The zero-order chi connectivity index (χ0) is 15.6. The molecule has 0 heterocycles. The maximum Gasteiger partial charge on any atom is 0.416 e. The van der Waals surface area contributed by atoms with Crippen molar-refractivity contribution in [2.75, 3.05) is 26.0 Å². The Balaban J connectivity index is 3.26. The van der Waals surface area contributed by atoms with Gasteiger partial charge in [0.05, 0.1) is 17.1 Å². The molecule has 0 bridgehead atoms. The van der Waals surface area contributed by atoms with E-state index in [9.17, 15) is 21.6 Å². The van der Waals surface area contributed by atoms with Crippen LogP contribution < -0.4 is 10.5 Å². The number of ether oxygens (including phenoxy) is 1. The quantitative estimate of drug-likeness (QED) is 0.638. The number of nitrogens with one attached hydrogen (secondary N) is 1. The van der Waals surface area contributed by atoms with E-state index in [0.29, 0.717) is 12.1 Å². The minimum atomic E-state index is -4.67. The Labute approximate surface area is 115 Å². The van der Waals surface area contributed by atoms with Gasteiger partial charge in [-0.05, 0) is 24.6 Å². The topological polar surface area (TPSA) is 81.4 Å². The van der Waals surface area contributed by atoms with Crippen LogP contribution in [0.5, 0.6) is 0 Å². The van der Waals surface area contributed by atoms with E-state index in [0.717, 1.165) is 0 Å². The van der Waals surface area contributed by atoms with Crippen molar-refractivity contribution in [2.24, 2.45) is 0 Å². The Morgan fingerprint density at radius 1 is 1.35 bits per heavy atom. The van der Waals surface area contributed by atoms with Crippen molar-refractivity contribution in [3.63, 3.8) is 0 Å². The fourth-order valence-corrected chi connectivity index (χ4v) is 2.82. The molecule has 0 fully saturated rings. The summed E-state index contributed by atoms with van der Waals surface area (Å²) in [5.74, 6) is 0. The van der Waals surface area contributed by atoms with Gasteiger partial charge in [-0.3, -0.25) is 0 Å². The van der Waals surface area contributed by atoms with Crippen LogP contribution in [0.4, 0.5) is 18.9 Å². The van der Waals surface area contributed by atoms with E-state index < -0.39 is 26.7 Å². The van der Waals surface area contributed by atoms with E-state index in [1.807, 2.05) is 0 Å². The first kappa shape index (κ1) is 16.7. The third-order valence-corrected chi connectivity index (χ3v) is 4.20. The van der Waals surface area contributed by atoms with Crippen LogP contribution in [0, 0.1) is 6.92 Å². The van der Waals surface area contributed by atoms with Gasteiger partial charge >= 0.3 is 6.18 Å². The molecule has 0 saturated heterocycles. The maximum absolute atomic E-state index is 12.7. The zero-order valence-electron chi connectivity index (χ0n) is 10.9. The average molecular weight is 312 g/mol. The molecule has 0 atom stereocenters. The number of anilines is 1. The molecule has 0 aromatic heterocycles. The molecule has 0 amide bonds. The molecule has 1 aromatic carbocycles. The third-order valence-electron chi connectivity index (χ3n) is 2.62. The molecule has 0 aliphatic carbocycles. The highest BCUT2D eigenvalue weighted by Gasteiger charge is 2.33. The van der Waals surface area contributed by atoms with Crippen molar-refractivity contribution in [3.8, 4) is 0 Å². The Bertz CT molecular complexity index is 585. The lowest BCUT2D eigenvalue weighted by Crippen LogP contribution is -2.28. The van der Waals surface area contributed by atoms with Crippen molar-refractivity contribution in [2.45, 2.75) is 18.0 Å². The molecule has 3 N–H and O–H groups in total. The summed E-state index contributed by atoms with van der Waals surface area (Å²) in [7, 11) is -2.70. The van der Waals surface area contributed by atoms with Crippen LogP contribution in [0.25, 0.3) is 0 Å². The number of sulfonamides is 1. The van der Waals surface area contributed by atoms with Gasteiger partial charge in [0, 0.05) is 19.3 Å². The summed E-state index contributed by atoms with van der Waals surface area (Å²) < 4.78 is 68.8.